The first kappa shape index (κ1) is 13.7. The van der Waals surface area contributed by atoms with Crippen molar-refractivity contribution in [3.8, 4) is 11.5 Å². The van der Waals surface area contributed by atoms with Crippen LogP contribution in [-0.2, 0) is 9.53 Å². The number of ether oxygens (including phenoxy) is 1. The molecule has 104 valence electrons. The molecule has 0 spiro atoms. The maximum absolute atomic E-state index is 11.9. The van der Waals surface area contributed by atoms with Gasteiger partial charge >= 0.3 is 5.97 Å². The summed E-state index contributed by atoms with van der Waals surface area (Å²) >= 11 is 0. The Morgan fingerprint density at radius 1 is 1.20 bits per heavy atom. The molecular weight excluding hydrogens is 262 g/mol. The van der Waals surface area contributed by atoms with E-state index in [-0.39, 0.29) is 17.1 Å². The minimum absolute atomic E-state index is 0.169. The van der Waals surface area contributed by atoms with Crippen LogP contribution < -0.4 is 5.73 Å². The predicted molar refractivity (Wildman–Crippen MR) is 71.3 cm³/mol. The lowest BCUT2D eigenvalue weighted by Gasteiger charge is -2.12. The highest BCUT2D eigenvalue weighted by molar-refractivity contribution is 6.04. The van der Waals surface area contributed by atoms with Crippen LogP contribution >= 0.6 is 0 Å². The minimum Gasteiger partial charge on any atom is -0.507 e. The molecule has 0 aliphatic rings. The van der Waals surface area contributed by atoms with E-state index in [1.807, 2.05) is 0 Å². The van der Waals surface area contributed by atoms with Crippen molar-refractivity contribution in [1.29, 1.82) is 0 Å². The maximum Gasteiger partial charge on any atom is 0.342 e. The highest BCUT2D eigenvalue weighted by atomic mass is 16.5. The zero-order valence-electron chi connectivity index (χ0n) is 10.7. The Bertz CT molecular complexity index is 695. The number of primary amides is 1. The Morgan fingerprint density at radius 2 is 1.80 bits per heavy atom. The Hall–Kier alpha value is -2.76. The van der Waals surface area contributed by atoms with Crippen LogP contribution in [0.2, 0.25) is 0 Å². The molecule has 0 saturated carbocycles. The van der Waals surface area contributed by atoms with Gasteiger partial charge in [-0.3, -0.25) is 4.79 Å². The van der Waals surface area contributed by atoms with Gasteiger partial charge in [-0.25, -0.2) is 4.79 Å². The van der Waals surface area contributed by atoms with Crippen molar-refractivity contribution in [2.45, 2.75) is 13.0 Å². The second-order valence-electron chi connectivity index (χ2n) is 4.29. The summed E-state index contributed by atoms with van der Waals surface area (Å²) in [6.07, 6.45) is -1.13. The van der Waals surface area contributed by atoms with E-state index in [1.165, 1.54) is 6.92 Å². The van der Waals surface area contributed by atoms with Crippen LogP contribution in [0, 0.1) is 0 Å². The average Bonchev–Trinajstić information content (AvgIpc) is 2.42. The van der Waals surface area contributed by atoms with Gasteiger partial charge in [0.05, 0.1) is 0 Å². The number of aromatic hydroxyl groups is 2. The van der Waals surface area contributed by atoms with Gasteiger partial charge in [-0.15, -0.1) is 0 Å². The SMILES string of the molecule is C[C@H](OC(=O)c1cc(O)c2ccccc2c1O)C(N)=O. The number of carbonyl (C=O) groups excluding carboxylic acids is 2. The lowest BCUT2D eigenvalue weighted by atomic mass is 10.0. The Labute approximate surface area is 114 Å². The van der Waals surface area contributed by atoms with Gasteiger partial charge in [0.25, 0.3) is 5.91 Å². The van der Waals surface area contributed by atoms with E-state index < -0.39 is 18.0 Å². The molecule has 6 heteroatoms. The van der Waals surface area contributed by atoms with Gasteiger partial charge in [-0.2, -0.15) is 0 Å². The first-order valence-corrected chi connectivity index (χ1v) is 5.85. The number of hydrogen-bond acceptors (Lipinski definition) is 5. The summed E-state index contributed by atoms with van der Waals surface area (Å²) < 4.78 is 4.80. The summed E-state index contributed by atoms with van der Waals surface area (Å²) in [5, 5.41) is 20.6. The van der Waals surface area contributed by atoms with Gasteiger partial charge in [0.1, 0.15) is 17.1 Å². The number of rotatable bonds is 3. The number of esters is 1. The fourth-order valence-corrected chi connectivity index (χ4v) is 1.78. The molecule has 0 bridgehead atoms. The van der Waals surface area contributed by atoms with Crippen molar-refractivity contribution in [1.82, 2.24) is 0 Å². The minimum atomic E-state index is -1.13. The fraction of sp³-hybridized carbons (Fsp3) is 0.143. The van der Waals surface area contributed by atoms with Crippen LogP contribution in [0.4, 0.5) is 0 Å². The van der Waals surface area contributed by atoms with Gasteiger partial charge in [0.15, 0.2) is 6.10 Å². The summed E-state index contributed by atoms with van der Waals surface area (Å²) in [5.74, 6) is -2.23. The van der Waals surface area contributed by atoms with Crippen LogP contribution in [0.1, 0.15) is 17.3 Å². The van der Waals surface area contributed by atoms with Crippen LogP contribution in [-0.4, -0.2) is 28.2 Å². The molecule has 0 fully saturated rings. The molecule has 2 aromatic carbocycles. The van der Waals surface area contributed by atoms with E-state index in [9.17, 15) is 19.8 Å². The van der Waals surface area contributed by atoms with Crippen LogP contribution in [0.5, 0.6) is 11.5 Å². The number of carbonyl (C=O) groups is 2. The molecule has 1 amide bonds. The second kappa shape index (κ2) is 5.08. The summed E-state index contributed by atoms with van der Waals surface area (Å²) in [6, 6.07) is 7.59. The third kappa shape index (κ3) is 2.35. The number of nitrogens with two attached hydrogens (primary N) is 1. The van der Waals surface area contributed by atoms with Crippen molar-refractivity contribution in [3.63, 3.8) is 0 Å². The fourth-order valence-electron chi connectivity index (χ4n) is 1.78. The summed E-state index contributed by atoms with van der Waals surface area (Å²) in [4.78, 5) is 22.7. The normalized spacial score (nSPS) is 12.1. The smallest absolute Gasteiger partial charge is 0.342 e. The molecule has 0 radical (unpaired) electrons. The molecule has 0 aliphatic heterocycles. The Morgan fingerprint density at radius 3 is 2.40 bits per heavy atom. The van der Waals surface area contributed by atoms with Gasteiger partial charge < -0.3 is 20.7 Å². The predicted octanol–water partition coefficient (Wildman–Crippen LogP) is 1.28. The quantitative estimate of drug-likeness (QED) is 0.577. The largest absolute Gasteiger partial charge is 0.507 e. The summed E-state index contributed by atoms with van der Waals surface area (Å²) in [7, 11) is 0. The number of hydrogen-bond donors (Lipinski definition) is 3. The zero-order chi connectivity index (χ0) is 14.9. The molecule has 1 atom stereocenters. The number of amides is 1. The Balaban J connectivity index is 2.47. The zero-order valence-corrected chi connectivity index (χ0v) is 10.7. The van der Waals surface area contributed by atoms with Gasteiger partial charge in [-0.05, 0) is 13.0 Å². The van der Waals surface area contributed by atoms with Crippen LogP contribution in [0.15, 0.2) is 30.3 Å². The lowest BCUT2D eigenvalue weighted by Crippen LogP contribution is -2.30. The van der Waals surface area contributed by atoms with E-state index in [2.05, 4.69) is 0 Å². The molecule has 0 aromatic heterocycles. The highest BCUT2D eigenvalue weighted by Crippen LogP contribution is 2.35. The summed E-state index contributed by atoms with van der Waals surface area (Å²) in [6.45, 7) is 1.32. The maximum atomic E-state index is 11.9. The molecule has 4 N–H and O–H groups in total. The topological polar surface area (TPSA) is 110 Å². The third-order valence-electron chi connectivity index (χ3n) is 2.90. The standard InChI is InChI=1S/C14H13NO5/c1-7(13(15)18)20-14(19)10-6-11(16)8-4-2-3-5-9(8)12(10)17/h2-7,16-17H,1H3,(H2,15,18)/t7-/m0/s1. The van der Waals surface area contributed by atoms with E-state index in [0.29, 0.717) is 10.8 Å². The molecule has 6 nitrogen and oxygen atoms in total. The van der Waals surface area contributed by atoms with Crippen molar-refractivity contribution < 1.29 is 24.5 Å². The molecule has 0 heterocycles. The Kier molecular flexibility index (Phi) is 3.47. The van der Waals surface area contributed by atoms with Crippen LogP contribution in [0.25, 0.3) is 10.8 Å². The third-order valence-corrected chi connectivity index (χ3v) is 2.90. The van der Waals surface area contributed by atoms with E-state index >= 15 is 0 Å². The highest BCUT2D eigenvalue weighted by Gasteiger charge is 2.21. The number of fused-ring (bicyclic) bond motifs is 1. The van der Waals surface area contributed by atoms with E-state index in [0.717, 1.165) is 6.07 Å². The first-order chi connectivity index (χ1) is 9.41. The van der Waals surface area contributed by atoms with Crippen molar-refractivity contribution in [3.05, 3.63) is 35.9 Å². The van der Waals surface area contributed by atoms with Crippen molar-refractivity contribution in [2.24, 2.45) is 5.73 Å². The average molecular weight is 275 g/mol. The van der Waals surface area contributed by atoms with Gasteiger partial charge in [0, 0.05) is 10.8 Å². The summed E-state index contributed by atoms with van der Waals surface area (Å²) in [5.41, 5.74) is 4.77. The van der Waals surface area contributed by atoms with Gasteiger partial charge in [-0.1, -0.05) is 24.3 Å². The van der Waals surface area contributed by atoms with E-state index in [4.69, 9.17) is 10.5 Å². The molecule has 2 aromatic rings. The van der Waals surface area contributed by atoms with E-state index in [1.54, 1.807) is 24.3 Å². The lowest BCUT2D eigenvalue weighted by molar-refractivity contribution is -0.125. The van der Waals surface area contributed by atoms with Crippen LogP contribution in [0.3, 0.4) is 0 Å². The molecule has 0 unspecified atom stereocenters. The van der Waals surface area contributed by atoms with Gasteiger partial charge in [0.2, 0.25) is 0 Å². The molecule has 20 heavy (non-hydrogen) atoms. The number of benzene rings is 2. The molecular formula is C14H13NO5. The van der Waals surface area contributed by atoms with Crippen molar-refractivity contribution in [2.75, 3.05) is 0 Å². The molecule has 0 aliphatic carbocycles. The first-order valence-electron chi connectivity index (χ1n) is 5.85. The molecule has 0 saturated heterocycles. The molecule has 2 rings (SSSR count). The number of phenolic OH excluding ortho intramolecular Hbond substituents is 2. The number of phenols is 2. The monoisotopic (exact) mass is 275 g/mol. The second-order valence-corrected chi connectivity index (χ2v) is 4.29. The van der Waals surface area contributed by atoms with Crippen molar-refractivity contribution >= 4 is 22.6 Å².